The van der Waals surface area contributed by atoms with Crippen LogP contribution in [-0.4, -0.2) is 0 Å². The molecular weight excluding hydrogens is 280 g/mol. The smallest absolute Gasteiger partial charge is 0.0119 e. The fourth-order valence-corrected chi connectivity index (χ4v) is 2.64. The van der Waals surface area contributed by atoms with Crippen molar-refractivity contribution >= 4 is 25.3 Å². The molecule has 0 aromatic heterocycles. The molecule has 0 fully saturated rings. The van der Waals surface area contributed by atoms with Crippen LogP contribution in [0.5, 0.6) is 0 Å². The molecule has 0 N–H and O–H groups in total. The van der Waals surface area contributed by atoms with Crippen molar-refractivity contribution in [2.24, 2.45) is 0 Å². The number of hydrogen-bond donors (Lipinski definition) is 2. The van der Waals surface area contributed by atoms with Crippen LogP contribution in [0.25, 0.3) is 22.3 Å². The number of hydrogen-bond acceptors (Lipinski definition) is 2. The van der Waals surface area contributed by atoms with Crippen LogP contribution in [0.4, 0.5) is 0 Å². The summed E-state index contributed by atoms with van der Waals surface area (Å²) in [5.74, 6) is 0. The lowest BCUT2D eigenvalue weighted by molar-refractivity contribution is 1.43. The van der Waals surface area contributed by atoms with Crippen molar-refractivity contribution in [3.8, 4) is 22.3 Å². The van der Waals surface area contributed by atoms with Crippen LogP contribution in [0.2, 0.25) is 0 Å². The average molecular weight is 294 g/mol. The minimum atomic E-state index is 0.975. The number of thiol groups is 2. The Kier molecular flexibility index (Phi) is 3.86. The molecule has 3 aromatic carbocycles. The van der Waals surface area contributed by atoms with E-state index in [-0.39, 0.29) is 0 Å². The van der Waals surface area contributed by atoms with E-state index in [1.807, 2.05) is 30.3 Å². The molecule has 0 aliphatic carbocycles. The van der Waals surface area contributed by atoms with E-state index >= 15 is 0 Å². The summed E-state index contributed by atoms with van der Waals surface area (Å²) >= 11 is 8.90. The SMILES string of the molecule is Sc1ccc(-c2ccc(S)c(-c3ccccc3)c2)cc1. The molecule has 0 atom stereocenters. The lowest BCUT2D eigenvalue weighted by atomic mass is 9.99. The summed E-state index contributed by atoms with van der Waals surface area (Å²) < 4.78 is 0. The fraction of sp³-hybridized carbons (Fsp3) is 0. The van der Waals surface area contributed by atoms with Crippen molar-refractivity contribution in [2.75, 3.05) is 0 Å². The Bertz CT molecular complexity index is 716. The van der Waals surface area contributed by atoms with Gasteiger partial charge in [-0.15, -0.1) is 25.3 Å². The van der Waals surface area contributed by atoms with Gasteiger partial charge in [-0.05, 0) is 46.5 Å². The second-order valence-corrected chi connectivity index (χ2v) is 5.64. The van der Waals surface area contributed by atoms with E-state index in [1.54, 1.807) is 0 Å². The second kappa shape index (κ2) is 5.78. The van der Waals surface area contributed by atoms with Gasteiger partial charge in [0.15, 0.2) is 0 Å². The molecule has 0 saturated heterocycles. The summed E-state index contributed by atoms with van der Waals surface area (Å²) in [6, 6.07) is 24.9. The molecule has 0 radical (unpaired) electrons. The molecule has 0 bridgehead atoms. The molecule has 0 heterocycles. The van der Waals surface area contributed by atoms with Crippen LogP contribution in [0, 0.1) is 0 Å². The van der Waals surface area contributed by atoms with Crippen LogP contribution in [-0.2, 0) is 0 Å². The normalized spacial score (nSPS) is 10.5. The van der Waals surface area contributed by atoms with Crippen LogP contribution in [0.15, 0.2) is 82.6 Å². The van der Waals surface area contributed by atoms with Crippen LogP contribution < -0.4 is 0 Å². The summed E-state index contributed by atoms with van der Waals surface area (Å²) in [4.78, 5) is 1.97. The average Bonchev–Trinajstić information content (AvgIpc) is 2.50. The molecule has 0 amide bonds. The third-order valence-electron chi connectivity index (χ3n) is 3.28. The molecule has 2 heteroatoms. The molecule has 0 nitrogen and oxygen atoms in total. The van der Waals surface area contributed by atoms with E-state index in [9.17, 15) is 0 Å². The van der Waals surface area contributed by atoms with E-state index in [4.69, 9.17) is 0 Å². The molecule has 0 aliphatic heterocycles. The van der Waals surface area contributed by atoms with Gasteiger partial charge in [0.1, 0.15) is 0 Å². The van der Waals surface area contributed by atoms with Gasteiger partial charge in [0, 0.05) is 9.79 Å². The van der Waals surface area contributed by atoms with Crippen molar-refractivity contribution in [3.05, 3.63) is 72.8 Å². The Morgan fingerprint density at radius 3 is 1.90 bits per heavy atom. The highest BCUT2D eigenvalue weighted by Crippen LogP contribution is 2.31. The Morgan fingerprint density at radius 2 is 1.20 bits per heavy atom. The quantitative estimate of drug-likeness (QED) is 0.565. The summed E-state index contributed by atoms with van der Waals surface area (Å²) in [5.41, 5.74) is 4.72. The topological polar surface area (TPSA) is 0 Å². The minimum absolute atomic E-state index is 0.975. The summed E-state index contributed by atoms with van der Waals surface area (Å²) in [5, 5.41) is 0. The molecule has 98 valence electrons. The van der Waals surface area contributed by atoms with Crippen molar-refractivity contribution in [1.82, 2.24) is 0 Å². The molecule has 0 saturated carbocycles. The van der Waals surface area contributed by atoms with Crippen molar-refractivity contribution in [3.63, 3.8) is 0 Å². The second-order valence-electron chi connectivity index (χ2n) is 4.64. The first-order valence-electron chi connectivity index (χ1n) is 6.42. The zero-order valence-electron chi connectivity index (χ0n) is 10.8. The largest absolute Gasteiger partial charge is 0.143 e. The lowest BCUT2D eigenvalue weighted by Gasteiger charge is -2.09. The molecular formula is C18H14S2. The highest BCUT2D eigenvalue weighted by molar-refractivity contribution is 7.80. The predicted octanol–water partition coefficient (Wildman–Crippen LogP) is 5.60. The molecule has 3 rings (SSSR count). The van der Waals surface area contributed by atoms with Gasteiger partial charge in [-0.2, -0.15) is 0 Å². The van der Waals surface area contributed by atoms with E-state index in [2.05, 4.69) is 67.7 Å². The monoisotopic (exact) mass is 294 g/mol. The standard InChI is InChI=1S/C18H14S2/c19-16-9-6-13(7-10-16)15-8-11-18(20)17(12-15)14-4-2-1-3-5-14/h1-12,19-20H. The predicted molar refractivity (Wildman–Crippen MR) is 91.8 cm³/mol. The van der Waals surface area contributed by atoms with Gasteiger partial charge in [0.2, 0.25) is 0 Å². The minimum Gasteiger partial charge on any atom is -0.143 e. The Hall–Kier alpha value is -1.64. The van der Waals surface area contributed by atoms with Gasteiger partial charge in [-0.3, -0.25) is 0 Å². The zero-order chi connectivity index (χ0) is 13.9. The summed E-state index contributed by atoms with van der Waals surface area (Å²) in [6.07, 6.45) is 0. The Labute approximate surface area is 130 Å². The molecule has 20 heavy (non-hydrogen) atoms. The van der Waals surface area contributed by atoms with Crippen molar-refractivity contribution < 1.29 is 0 Å². The van der Waals surface area contributed by atoms with E-state index in [1.165, 1.54) is 16.7 Å². The van der Waals surface area contributed by atoms with Gasteiger partial charge in [-0.1, -0.05) is 48.5 Å². The maximum Gasteiger partial charge on any atom is 0.0119 e. The maximum atomic E-state index is 4.57. The fourth-order valence-electron chi connectivity index (χ4n) is 2.22. The van der Waals surface area contributed by atoms with Gasteiger partial charge in [0.05, 0.1) is 0 Å². The molecule has 3 aromatic rings. The van der Waals surface area contributed by atoms with Crippen LogP contribution in [0.1, 0.15) is 0 Å². The van der Waals surface area contributed by atoms with E-state index in [0.29, 0.717) is 0 Å². The van der Waals surface area contributed by atoms with E-state index < -0.39 is 0 Å². The van der Waals surface area contributed by atoms with Gasteiger partial charge >= 0.3 is 0 Å². The molecule has 0 unspecified atom stereocenters. The summed E-state index contributed by atoms with van der Waals surface area (Å²) in [7, 11) is 0. The zero-order valence-corrected chi connectivity index (χ0v) is 12.6. The summed E-state index contributed by atoms with van der Waals surface area (Å²) in [6.45, 7) is 0. The lowest BCUT2D eigenvalue weighted by Crippen LogP contribution is -1.83. The van der Waals surface area contributed by atoms with E-state index in [0.717, 1.165) is 15.4 Å². The van der Waals surface area contributed by atoms with Crippen molar-refractivity contribution in [2.45, 2.75) is 9.79 Å². The van der Waals surface area contributed by atoms with Crippen LogP contribution >= 0.6 is 25.3 Å². The highest BCUT2D eigenvalue weighted by atomic mass is 32.1. The number of rotatable bonds is 2. The van der Waals surface area contributed by atoms with Crippen LogP contribution in [0.3, 0.4) is 0 Å². The Balaban J connectivity index is 2.09. The third-order valence-corrected chi connectivity index (χ3v) is 3.97. The van der Waals surface area contributed by atoms with Gasteiger partial charge < -0.3 is 0 Å². The van der Waals surface area contributed by atoms with Gasteiger partial charge in [0.25, 0.3) is 0 Å². The first kappa shape index (κ1) is 13.3. The van der Waals surface area contributed by atoms with Crippen molar-refractivity contribution in [1.29, 1.82) is 0 Å². The molecule has 0 spiro atoms. The number of benzene rings is 3. The Morgan fingerprint density at radius 1 is 0.550 bits per heavy atom. The maximum absolute atomic E-state index is 4.57. The third kappa shape index (κ3) is 2.77. The first-order valence-corrected chi connectivity index (χ1v) is 7.31. The first-order chi connectivity index (χ1) is 9.74. The highest BCUT2D eigenvalue weighted by Gasteiger charge is 2.05. The van der Waals surface area contributed by atoms with Gasteiger partial charge in [-0.25, -0.2) is 0 Å². The molecule has 0 aliphatic rings.